The third-order valence-corrected chi connectivity index (χ3v) is 4.86. The van der Waals surface area contributed by atoms with Gasteiger partial charge in [-0.3, -0.25) is 0 Å². The Morgan fingerprint density at radius 3 is 2.54 bits per heavy atom. The van der Waals surface area contributed by atoms with Crippen molar-refractivity contribution in [3.63, 3.8) is 0 Å². The normalized spacial score (nSPS) is 20.2. The third-order valence-electron chi connectivity index (χ3n) is 4.86. The fourth-order valence-electron chi connectivity index (χ4n) is 3.16. The van der Waals surface area contributed by atoms with Crippen LogP contribution in [0.4, 0.5) is 4.79 Å². The van der Waals surface area contributed by atoms with E-state index in [0.717, 1.165) is 39.1 Å². The van der Waals surface area contributed by atoms with E-state index in [0.29, 0.717) is 23.5 Å². The average Bonchev–Trinajstić information content (AvgIpc) is 2.59. The van der Waals surface area contributed by atoms with Crippen LogP contribution in [0.25, 0.3) is 0 Å². The lowest BCUT2D eigenvalue weighted by atomic mass is 9.77. The second-order valence-corrected chi connectivity index (χ2v) is 6.79. The van der Waals surface area contributed by atoms with E-state index in [1.807, 2.05) is 36.1 Å². The van der Waals surface area contributed by atoms with Crippen LogP contribution in [0.1, 0.15) is 19.8 Å². The smallest absolute Gasteiger partial charge is 0.317 e. The summed E-state index contributed by atoms with van der Waals surface area (Å²) in [4.78, 5) is 14.3. The summed E-state index contributed by atoms with van der Waals surface area (Å²) >= 11 is 0. The lowest BCUT2D eigenvalue weighted by molar-refractivity contribution is -0.135. The van der Waals surface area contributed by atoms with Crippen LogP contribution in [0.3, 0.4) is 0 Å². The number of benzene rings is 1. The molecule has 1 aromatic carbocycles. The summed E-state index contributed by atoms with van der Waals surface area (Å²) < 4.78 is 16.3. The molecule has 2 saturated heterocycles. The van der Waals surface area contributed by atoms with Crippen LogP contribution in [0.15, 0.2) is 24.3 Å². The summed E-state index contributed by atoms with van der Waals surface area (Å²) in [6.07, 6.45) is 2.07. The number of nitrogens with zero attached hydrogens (tertiary/aromatic N) is 1. The minimum Gasteiger partial charge on any atom is -0.493 e. The van der Waals surface area contributed by atoms with Gasteiger partial charge in [0.05, 0.1) is 26.4 Å². The molecule has 2 aliphatic heterocycles. The number of piperidine rings is 1. The summed E-state index contributed by atoms with van der Waals surface area (Å²) in [5.41, 5.74) is 0.343. The Balaban J connectivity index is 1.43. The van der Waals surface area contributed by atoms with E-state index < -0.39 is 0 Å². The highest BCUT2D eigenvalue weighted by molar-refractivity contribution is 5.74. The number of para-hydroxylation sites is 2. The number of hydrogen-bond donors (Lipinski definition) is 1. The monoisotopic (exact) mass is 334 g/mol. The molecular formula is C18H26N2O4. The Kier molecular flexibility index (Phi) is 5.14. The van der Waals surface area contributed by atoms with Gasteiger partial charge < -0.3 is 24.4 Å². The molecule has 6 heteroatoms. The number of carbonyl (C=O) groups excluding carboxylic acids is 1. The summed E-state index contributed by atoms with van der Waals surface area (Å²) in [5.74, 6) is 1.38. The zero-order valence-corrected chi connectivity index (χ0v) is 14.4. The maximum atomic E-state index is 12.4. The van der Waals surface area contributed by atoms with E-state index in [4.69, 9.17) is 14.2 Å². The fourth-order valence-corrected chi connectivity index (χ4v) is 3.16. The van der Waals surface area contributed by atoms with Crippen LogP contribution >= 0.6 is 0 Å². The zero-order valence-electron chi connectivity index (χ0n) is 14.4. The number of urea groups is 1. The largest absolute Gasteiger partial charge is 0.493 e. The number of rotatable bonds is 5. The van der Waals surface area contributed by atoms with Crippen molar-refractivity contribution in [3.8, 4) is 11.5 Å². The van der Waals surface area contributed by atoms with E-state index in [1.165, 1.54) is 0 Å². The predicted molar refractivity (Wildman–Crippen MR) is 90.5 cm³/mol. The number of ether oxygens (including phenoxy) is 3. The van der Waals surface area contributed by atoms with Crippen LogP contribution in [0, 0.1) is 5.41 Å². The second-order valence-electron chi connectivity index (χ2n) is 6.79. The molecule has 0 aliphatic carbocycles. The van der Waals surface area contributed by atoms with Gasteiger partial charge in [0.1, 0.15) is 6.61 Å². The Bertz CT molecular complexity index is 564. The van der Waals surface area contributed by atoms with Gasteiger partial charge in [-0.15, -0.1) is 0 Å². The van der Waals surface area contributed by atoms with Gasteiger partial charge in [-0.25, -0.2) is 4.79 Å². The maximum Gasteiger partial charge on any atom is 0.317 e. The van der Waals surface area contributed by atoms with Crippen LogP contribution in [-0.2, 0) is 4.74 Å². The number of carbonyl (C=O) groups is 1. The molecule has 0 bridgehead atoms. The highest BCUT2D eigenvalue weighted by Gasteiger charge is 2.42. The minimum atomic E-state index is -0.0784. The van der Waals surface area contributed by atoms with Crippen molar-refractivity contribution in [2.24, 2.45) is 5.41 Å². The van der Waals surface area contributed by atoms with Crippen molar-refractivity contribution in [1.82, 2.24) is 10.2 Å². The molecule has 24 heavy (non-hydrogen) atoms. The highest BCUT2D eigenvalue weighted by Crippen LogP contribution is 2.38. The van der Waals surface area contributed by atoms with E-state index >= 15 is 0 Å². The standard InChI is InChI=1S/C18H26N2O4/c1-14(11-24-16-6-4-3-5-15(16)22-2)19-17(21)20-9-7-18(8-10-20)12-23-13-18/h3-6,14H,7-13H2,1-2H3,(H,19,21). The van der Waals surface area contributed by atoms with Crippen LogP contribution < -0.4 is 14.8 Å². The molecule has 0 saturated carbocycles. The molecule has 1 atom stereocenters. The number of likely N-dealkylation sites (tertiary alicyclic amines) is 1. The zero-order chi connectivity index (χ0) is 17.0. The summed E-state index contributed by atoms with van der Waals surface area (Å²) in [6, 6.07) is 7.42. The maximum absolute atomic E-state index is 12.4. The number of nitrogens with one attached hydrogen (secondary N) is 1. The fraction of sp³-hybridized carbons (Fsp3) is 0.611. The molecule has 2 fully saturated rings. The molecule has 2 heterocycles. The van der Waals surface area contributed by atoms with Crippen molar-refractivity contribution in [2.45, 2.75) is 25.8 Å². The number of amides is 2. The Morgan fingerprint density at radius 2 is 1.96 bits per heavy atom. The van der Waals surface area contributed by atoms with Crippen molar-refractivity contribution in [3.05, 3.63) is 24.3 Å². The van der Waals surface area contributed by atoms with Crippen molar-refractivity contribution in [2.75, 3.05) is 40.0 Å². The average molecular weight is 334 g/mol. The Hall–Kier alpha value is -1.95. The van der Waals surface area contributed by atoms with Gasteiger partial charge in [-0.05, 0) is 31.9 Å². The van der Waals surface area contributed by atoms with Crippen LogP contribution in [0.2, 0.25) is 0 Å². The predicted octanol–water partition coefficient (Wildman–Crippen LogP) is 2.28. The molecule has 0 radical (unpaired) electrons. The highest BCUT2D eigenvalue weighted by atomic mass is 16.5. The van der Waals surface area contributed by atoms with Gasteiger partial charge in [-0.1, -0.05) is 12.1 Å². The molecule has 1 N–H and O–H groups in total. The number of methoxy groups -OCH3 is 1. The Morgan fingerprint density at radius 1 is 1.29 bits per heavy atom. The SMILES string of the molecule is COc1ccccc1OCC(C)NC(=O)N1CCC2(CC1)COC2. The Labute approximate surface area is 143 Å². The quantitative estimate of drug-likeness (QED) is 0.897. The lowest BCUT2D eigenvalue weighted by Gasteiger charge is -2.47. The molecule has 6 nitrogen and oxygen atoms in total. The first kappa shape index (κ1) is 16.9. The molecule has 1 spiro atoms. The van der Waals surface area contributed by atoms with E-state index in [9.17, 15) is 4.79 Å². The molecule has 0 aromatic heterocycles. The van der Waals surface area contributed by atoms with Crippen LogP contribution in [-0.4, -0.2) is 57.0 Å². The molecule has 132 valence electrons. The molecular weight excluding hydrogens is 308 g/mol. The lowest BCUT2D eigenvalue weighted by Crippen LogP contribution is -2.55. The second kappa shape index (κ2) is 7.30. The van der Waals surface area contributed by atoms with E-state index in [-0.39, 0.29) is 12.1 Å². The van der Waals surface area contributed by atoms with E-state index in [2.05, 4.69) is 5.32 Å². The van der Waals surface area contributed by atoms with Crippen LogP contribution in [0.5, 0.6) is 11.5 Å². The first-order chi connectivity index (χ1) is 11.6. The van der Waals surface area contributed by atoms with Gasteiger partial charge in [0, 0.05) is 18.5 Å². The van der Waals surface area contributed by atoms with Gasteiger partial charge in [0.15, 0.2) is 11.5 Å². The molecule has 1 unspecified atom stereocenters. The number of hydrogen-bond acceptors (Lipinski definition) is 4. The summed E-state index contributed by atoms with van der Waals surface area (Å²) in [5, 5.41) is 3.01. The molecule has 2 amide bonds. The van der Waals surface area contributed by atoms with E-state index in [1.54, 1.807) is 7.11 Å². The summed E-state index contributed by atoms with van der Waals surface area (Å²) in [7, 11) is 1.61. The van der Waals surface area contributed by atoms with Gasteiger partial charge in [-0.2, -0.15) is 0 Å². The first-order valence-electron chi connectivity index (χ1n) is 8.51. The van der Waals surface area contributed by atoms with Gasteiger partial charge in [0.25, 0.3) is 0 Å². The third kappa shape index (κ3) is 3.75. The topological polar surface area (TPSA) is 60.0 Å². The first-order valence-corrected chi connectivity index (χ1v) is 8.51. The van der Waals surface area contributed by atoms with Crippen molar-refractivity contribution in [1.29, 1.82) is 0 Å². The molecule has 1 aromatic rings. The van der Waals surface area contributed by atoms with Gasteiger partial charge >= 0.3 is 6.03 Å². The molecule has 3 rings (SSSR count). The molecule has 2 aliphatic rings. The van der Waals surface area contributed by atoms with Crippen molar-refractivity contribution < 1.29 is 19.0 Å². The van der Waals surface area contributed by atoms with Crippen molar-refractivity contribution >= 4 is 6.03 Å². The minimum absolute atomic E-state index is 0.0128. The van der Waals surface area contributed by atoms with Gasteiger partial charge in [0.2, 0.25) is 0 Å². The summed E-state index contributed by atoms with van der Waals surface area (Å²) in [6.45, 7) is 5.65.